The van der Waals surface area contributed by atoms with Crippen LogP contribution in [0.15, 0.2) is 24.3 Å². The number of aromatic nitrogens is 2. The first-order valence-corrected chi connectivity index (χ1v) is 16.8. The molecular formula is C34H34F3N7O3S. The van der Waals surface area contributed by atoms with E-state index in [0.29, 0.717) is 31.9 Å². The van der Waals surface area contributed by atoms with Crippen molar-refractivity contribution < 1.29 is 27.8 Å². The maximum Gasteiger partial charge on any atom is 0.319 e. The van der Waals surface area contributed by atoms with Gasteiger partial charge in [-0.15, -0.1) is 11.3 Å². The number of halogens is 3. The zero-order chi connectivity index (χ0) is 33.5. The molecular weight excluding hydrogens is 643 g/mol. The molecule has 48 heavy (non-hydrogen) atoms. The lowest BCUT2D eigenvalue weighted by molar-refractivity contribution is 0.0645. The molecule has 0 spiro atoms. The summed E-state index contributed by atoms with van der Waals surface area (Å²) >= 11 is 0.842. The number of thiophene rings is 1. The van der Waals surface area contributed by atoms with Crippen LogP contribution < -0.4 is 25.4 Å². The predicted octanol–water partition coefficient (Wildman–Crippen LogP) is 4.87. The Labute approximate surface area is 278 Å². The summed E-state index contributed by atoms with van der Waals surface area (Å²) in [5.74, 6) is -2.69. The lowest BCUT2D eigenvalue weighted by Gasteiger charge is -2.35. The summed E-state index contributed by atoms with van der Waals surface area (Å²) in [6.07, 6.45) is 4.21. The number of nitriles is 1. The van der Waals surface area contributed by atoms with Gasteiger partial charge in [-0.05, 0) is 43.7 Å². The van der Waals surface area contributed by atoms with E-state index in [9.17, 15) is 14.8 Å². The predicted molar refractivity (Wildman–Crippen MR) is 177 cm³/mol. The van der Waals surface area contributed by atoms with E-state index in [-0.39, 0.29) is 80.2 Å². The largest absolute Gasteiger partial charge is 0.493 e. The molecule has 2 aromatic heterocycles. The van der Waals surface area contributed by atoms with Crippen molar-refractivity contribution in [1.82, 2.24) is 20.2 Å². The summed E-state index contributed by atoms with van der Waals surface area (Å²) in [4.78, 5) is 13.6. The molecule has 250 valence electrons. The third kappa shape index (κ3) is 4.62. The number of aliphatic hydroxyl groups excluding tert-OH is 1. The number of methoxy groups -OCH3 is 1. The number of hydrogen-bond donors (Lipinski definition) is 3. The molecule has 4 aromatic rings. The molecule has 2 unspecified atom stereocenters. The molecule has 4 aliphatic heterocycles. The van der Waals surface area contributed by atoms with Crippen LogP contribution >= 0.6 is 11.3 Å². The number of nitrogen functional groups attached to an aromatic ring is 1. The van der Waals surface area contributed by atoms with Crippen molar-refractivity contribution in [3.8, 4) is 29.0 Å². The molecule has 14 heteroatoms. The average Bonchev–Trinajstić information content (AvgIpc) is 3.80. The Morgan fingerprint density at radius 3 is 2.65 bits per heavy atom. The molecule has 4 fully saturated rings. The van der Waals surface area contributed by atoms with Crippen LogP contribution in [-0.2, 0) is 0 Å². The fourth-order valence-corrected chi connectivity index (χ4v) is 9.35. The SMILES string of the molecule is C=C1CN2[C@H](CO)CC[C@@]2(COc2nc(N3CC4CCC(C3)N4)c3c(OC)c(F)c(-c4ccc(F)c5sc(N)c(C#N)c45)c(F)c3n2)C1. The van der Waals surface area contributed by atoms with Crippen LogP contribution in [0.4, 0.5) is 24.0 Å². The van der Waals surface area contributed by atoms with Gasteiger partial charge in [0.15, 0.2) is 17.4 Å². The number of aliphatic hydroxyl groups is 1. The zero-order valence-electron chi connectivity index (χ0n) is 26.3. The van der Waals surface area contributed by atoms with Gasteiger partial charge in [-0.1, -0.05) is 18.2 Å². The van der Waals surface area contributed by atoms with Gasteiger partial charge in [0.05, 0.1) is 40.5 Å². The van der Waals surface area contributed by atoms with E-state index in [2.05, 4.69) is 21.8 Å². The highest BCUT2D eigenvalue weighted by molar-refractivity contribution is 7.23. The van der Waals surface area contributed by atoms with Crippen LogP contribution in [0.3, 0.4) is 0 Å². The van der Waals surface area contributed by atoms with Crippen molar-refractivity contribution in [1.29, 1.82) is 5.26 Å². The average molecular weight is 678 g/mol. The number of hydrogen-bond acceptors (Lipinski definition) is 11. The Hall–Kier alpha value is -4.16. The monoisotopic (exact) mass is 677 g/mol. The van der Waals surface area contributed by atoms with E-state index >= 15 is 8.78 Å². The molecule has 6 heterocycles. The van der Waals surface area contributed by atoms with Gasteiger partial charge < -0.3 is 30.5 Å². The van der Waals surface area contributed by atoms with Gasteiger partial charge in [0, 0.05) is 43.1 Å². The molecule has 4 N–H and O–H groups in total. The number of fused-ring (bicyclic) bond motifs is 5. The van der Waals surface area contributed by atoms with E-state index < -0.39 is 28.6 Å². The number of nitrogens with one attached hydrogen (secondary N) is 1. The van der Waals surface area contributed by atoms with Gasteiger partial charge in [0.1, 0.15) is 34.8 Å². The third-order valence-corrected chi connectivity index (χ3v) is 11.5. The Morgan fingerprint density at radius 2 is 1.94 bits per heavy atom. The van der Waals surface area contributed by atoms with E-state index in [1.165, 1.54) is 13.2 Å². The Kier molecular flexibility index (Phi) is 7.44. The summed E-state index contributed by atoms with van der Waals surface area (Å²) < 4.78 is 60.7. The van der Waals surface area contributed by atoms with E-state index in [4.69, 9.17) is 20.2 Å². The highest BCUT2D eigenvalue weighted by atomic mass is 32.1. The molecule has 4 saturated heterocycles. The normalized spacial score (nSPS) is 25.3. The van der Waals surface area contributed by atoms with Crippen molar-refractivity contribution in [3.05, 3.63) is 47.3 Å². The summed E-state index contributed by atoms with van der Waals surface area (Å²) in [6, 6.07) is 4.58. The van der Waals surface area contributed by atoms with Gasteiger partial charge >= 0.3 is 6.01 Å². The van der Waals surface area contributed by atoms with Gasteiger partial charge in [-0.25, -0.2) is 13.2 Å². The maximum atomic E-state index is 17.1. The second-order valence-electron chi connectivity index (χ2n) is 13.3. The second-order valence-corrected chi connectivity index (χ2v) is 14.4. The van der Waals surface area contributed by atoms with Crippen LogP contribution in [0.5, 0.6) is 11.8 Å². The Balaban J connectivity index is 1.32. The van der Waals surface area contributed by atoms with Gasteiger partial charge in [0.25, 0.3) is 0 Å². The fourth-order valence-electron chi connectivity index (χ4n) is 8.40. The number of rotatable bonds is 7. The fraction of sp³-hybridized carbons (Fsp3) is 0.441. The lowest BCUT2D eigenvalue weighted by Crippen LogP contribution is -2.51. The van der Waals surface area contributed by atoms with Crippen molar-refractivity contribution in [2.75, 3.05) is 50.6 Å². The minimum absolute atomic E-state index is 0.0125. The Bertz CT molecular complexity index is 2040. The summed E-state index contributed by atoms with van der Waals surface area (Å²) in [5.41, 5.74) is 5.82. The van der Waals surface area contributed by atoms with E-state index in [1.807, 2.05) is 11.0 Å². The molecule has 0 radical (unpaired) electrons. The number of nitrogens with two attached hydrogens (primary N) is 1. The van der Waals surface area contributed by atoms with Crippen molar-refractivity contribution in [2.45, 2.75) is 55.8 Å². The highest BCUT2D eigenvalue weighted by Gasteiger charge is 2.51. The minimum atomic E-state index is -1.03. The van der Waals surface area contributed by atoms with Gasteiger partial charge in [-0.3, -0.25) is 4.90 Å². The number of nitrogens with zero attached hydrogens (tertiary/aromatic N) is 5. The molecule has 10 nitrogen and oxygen atoms in total. The highest BCUT2D eigenvalue weighted by Crippen LogP contribution is 2.48. The molecule has 0 aliphatic carbocycles. The van der Waals surface area contributed by atoms with Gasteiger partial charge in [0.2, 0.25) is 0 Å². The second kappa shape index (κ2) is 11.5. The molecule has 0 amide bonds. The number of benzene rings is 2. The van der Waals surface area contributed by atoms with E-state index in [0.717, 1.165) is 48.7 Å². The number of anilines is 2. The molecule has 4 atom stereocenters. The lowest BCUT2D eigenvalue weighted by atomic mass is 9.94. The number of ether oxygens (including phenoxy) is 2. The first-order chi connectivity index (χ1) is 23.2. The molecule has 2 bridgehead atoms. The van der Waals surface area contributed by atoms with Crippen LogP contribution in [0.1, 0.15) is 37.7 Å². The van der Waals surface area contributed by atoms with Crippen molar-refractivity contribution in [3.63, 3.8) is 0 Å². The minimum Gasteiger partial charge on any atom is -0.493 e. The third-order valence-electron chi connectivity index (χ3n) is 10.5. The van der Waals surface area contributed by atoms with Crippen molar-refractivity contribution >= 4 is 43.1 Å². The van der Waals surface area contributed by atoms with Crippen LogP contribution in [0, 0.1) is 28.8 Å². The van der Waals surface area contributed by atoms with Crippen LogP contribution in [0.25, 0.3) is 32.1 Å². The van der Waals surface area contributed by atoms with Gasteiger partial charge in [-0.2, -0.15) is 15.2 Å². The molecule has 8 rings (SSSR count). The topological polar surface area (TPSA) is 133 Å². The zero-order valence-corrected chi connectivity index (χ0v) is 27.1. The summed E-state index contributed by atoms with van der Waals surface area (Å²) in [5, 5.41) is 23.6. The quantitative estimate of drug-likeness (QED) is 0.233. The molecule has 4 aliphatic rings. The first-order valence-electron chi connectivity index (χ1n) is 16.0. The molecule has 2 aromatic carbocycles. The van der Waals surface area contributed by atoms with Crippen LogP contribution in [-0.4, -0.2) is 83.6 Å². The first kappa shape index (κ1) is 31.1. The number of piperazine rings is 1. The summed E-state index contributed by atoms with van der Waals surface area (Å²) in [6.45, 7) is 6.17. The van der Waals surface area contributed by atoms with E-state index in [1.54, 1.807) is 0 Å². The van der Waals surface area contributed by atoms with Crippen LogP contribution in [0.2, 0.25) is 0 Å². The van der Waals surface area contributed by atoms with Crippen molar-refractivity contribution in [2.24, 2.45) is 0 Å². The Morgan fingerprint density at radius 1 is 1.17 bits per heavy atom. The standard InChI is InChI=1S/C34H34F3N7O3S/c1-16-9-34(8-7-19(14-45)44(34)11-16)15-47-33-41-28-25(32(42-33)43-12-17-3-4-18(13-43)40-17)29(46-2)27(37)24(26(28)36)20-5-6-22(35)30-23(20)21(10-38)31(39)48-30/h5-6,17-19,40,45H,1,3-4,7-9,11-15,39H2,2H3/t17?,18?,19-,34-/m0/s1. The molecule has 0 saturated carbocycles. The smallest absolute Gasteiger partial charge is 0.319 e. The summed E-state index contributed by atoms with van der Waals surface area (Å²) in [7, 11) is 1.29. The maximum absolute atomic E-state index is 17.1.